The van der Waals surface area contributed by atoms with Gasteiger partial charge in [-0.2, -0.15) is 10.2 Å². The molecular weight excluding hydrogens is 437 g/mol. The fraction of sp³-hybridized carbons (Fsp3) is 0.273. The van der Waals surface area contributed by atoms with Crippen molar-refractivity contribution >= 4 is 23.2 Å². The molecule has 0 saturated carbocycles. The van der Waals surface area contributed by atoms with Gasteiger partial charge in [0.25, 0.3) is 0 Å². The fourth-order valence-corrected chi connectivity index (χ4v) is 2.95. The number of nitrogens with one attached hydrogen (secondary N) is 1. The molecule has 0 aliphatic rings. The largest absolute Gasteiger partial charge is 0.490 e. The van der Waals surface area contributed by atoms with Crippen molar-refractivity contribution in [2.75, 3.05) is 11.9 Å². The molecule has 10 heteroatoms. The van der Waals surface area contributed by atoms with E-state index in [0.717, 1.165) is 4.57 Å². The van der Waals surface area contributed by atoms with E-state index in [2.05, 4.69) is 10.3 Å². The molecule has 0 radical (unpaired) electrons. The Morgan fingerprint density at radius 3 is 2.53 bits per heavy atom. The van der Waals surface area contributed by atoms with Crippen LogP contribution in [0.15, 0.2) is 52.1 Å². The molecule has 1 N–H and O–H groups in total. The van der Waals surface area contributed by atoms with Crippen LogP contribution in [0.2, 0.25) is 5.02 Å². The summed E-state index contributed by atoms with van der Waals surface area (Å²) in [5.74, 6) is -0.349. The highest BCUT2D eigenvalue weighted by Gasteiger charge is 2.15. The third kappa shape index (κ3) is 5.53. The smallest absolute Gasteiger partial charge is 0.355 e. The molecule has 1 aromatic heterocycles. The molecule has 0 aliphatic heterocycles. The van der Waals surface area contributed by atoms with Crippen molar-refractivity contribution in [3.05, 3.63) is 79.8 Å². The Morgan fingerprint density at radius 1 is 1.19 bits per heavy atom. The second kappa shape index (κ2) is 10.1. The lowest BCUT2D eigenvalue weighted by Crippen LogP contribution is -2.42. The predicted molar refractivity (Wildman–Crippen MR) is 119 cm³/mol. The maximum absolute atomic E-state index is 14.4. The van der Waals surface area contributed by atoms with Crippen LogP contribution in [0.5, 0.6) is 5.75 Å². The van der Waals surface area contributed by atoms with E-state index in [1.807, 2.05) is 13.8 Å². The quantitative estimate of drug-likeness (QED) is 0.555. The molecule has 3 aromatic rings. The van der Waals surface area contributed by atoms with E-state index in [9.17, 15) is 14.0 Å². The monoisotopic (exact) mass is 457 g/mol. The lowest BCUT2D eigenvalue weighted by molar-refractivity contribution is 0.259. The lowest BCUT2D eigenvalue weighted by atomic mass is 10.2. The normalized spacial score (nSPS) is 10.8. The average molecular weight is 458 g/mol. The fourth-order valence-electron chi connectivity index (χ4n) is 2.83. The summed E-state index contributed by atoms with van der Waals surface area (Å²) < 4.78 is 21.8. The molecule has 0 unspecified atom stereocenters. The standard InChI is InChI=1S/C22H21ClFN5O3/c1-14(2)13-32-19-8-7-17(11-18(19)24)26-20-27-21(30)28(10-9-25)22(31)29(20)12-15-3-5-16(23)6-4-15/h3-8,11,14H,10,12-13H2,1-2H3,(H,26,27,30). The predicted octanol–water partition coefficient (Wildman–Crippen LogP) is 3.55. The molecule has 32 heavy (non-hydrogen) atoms. The molecule has 2 aromatic carbocycles. The van der Waals surface area contributed by atoms with Crippen LogP contribution < -0.4 is 21.4 Å². The highest BCUT2D eigenvalue weighted by molar-refractivity contribution is 6.30. The van der Waals surface area contributed by atoms with Crippen LogP contribution >= 0.6 is 11.6 Å². The van der Waals surface area contributed by atoms with E-state index in [1.165, 1.54) is 16.7 Å². The number of aromatic nitrogens is 3. The van der Waals surface area contributed by atoms with Crippen LogP contribution in [-0.2, 0) is 13.1 Å². The second-order valence-electron chi connectivity index (χ2n) is 7.43. The van der Waals surface area contributed by atoms with Crippen molar-refractivity contribution in [3.8, 4) is 11.8 Å². The number of hydrogen-bond acceptors (Lipinski definition) is 6. The van der Waals surface area contributed by atoms with Gasteiger partial charge in [-0.3, -0.25) is 4.57 Å². The summed E-state index contributed by atoms with van der Waals surface area (Å²) in [5.41, 5.74) is -0.620. The van der Waals surface area contributed by atoms with E-state index < -0.39 is 23.7 Å². The Bertz CT molecular complexity index is 1260. The molecular formula is C22H21ClFN5O3. The number of benzene rings is 2. The van der Waals surface area contributed by atoms with Crippen LogP contribution in [0.3, 0.4) is 0 Å². The molecule has 0 atom stereocenters. The molecule has 8 nitrogen and oxygen atoms in total. The molecule has 0 aliphatic carbocycles. The van der Waals surface area contributed by atoms with E-state index in [1.54, 1.807) is 36.4 Å². The average Bonchev–Trinajstić information content (AvgIpc) is 2.74. The first-order valence-corrected chi connectivity index (χ1v) is 10.2. The molecule has 3 rings (SSSR count). The zero-order chi connectivity index (χ0) is 23.3. The van der Waals surface area contributed by atoms with Gasteiger partial charge in [-0.25, -0.2) is 18.5 Å². The van der Waals surface area contributed by atoms with Gasteiger partial charge in [0.15, 0.2) is 11.6 Å². The first kappa shape index (κ1) is 23.0. The third-order valence-electron chi connectivity index (χ3n) is 4.39. The van der Waals surface area contributed by atoms with Crippen molar-refractivity contribution in [1.82, 2.24) is 14.1 Å². The second-order valence-corrected chi connectivity index (χ2v) is 7.87. The van der Waals surface area contributed by atoms with Crippen molar-refractivity contribution in [3.63, 3.8) is 0 Å². The molecule has 0 spiro atoms. The number of hydrogen-bond donors (Lipinski definition) is 1. The van der Waals surface area contributed by atoms with Gasteiger partial charge in [0.05, 0.1) is 19.2 Å². The van der Waals surface area contributed by atoms with Crippen LogP contribution in [0.25, 0.3) is 0 Å². The summed E-state index contributed by atoms with van der Waals surface area (Å²) in [7, 11) is 0. The van der Waals surface area contributed by atoms with Gasteiger partial charge >= 0.3 is 11.4 Å². The van der Waals surface area contributed by atoms with E-state index in [4.69, 9.17) is 21.6 Å². The van der Waals surface area contributed by atoms with Crippen molar-refractivity contribution in [1.29, 1.82) is 5.26 Å². The highest BCUT2D eigenvalue weighted by atomic mass is 35.5. The number of nitrogens with zero attached hydrogens (tertiary/aromatic N) is 4. The van der Waals surface area contributed by atoms with Crippen LogP contribution in [-0.4, -0.2) is 20.7 Å². The number of nitriles is 1. The highest BCUT2D eigenvalue weighted by Crippen LogP contribution is 2.23. The number of ether oxygens (including phenoxy) is 1. The molecule has 0 amide bonds. The summed E-state index contributed by atoms with van der Waals surface area (Å²) in [6, 6.07) is 12.7. The summed E-state index contributed by atoms with van der Waals surface area (Å²) in [5, 5.41) is 12.3. The van der Waals surface area contributed by atoms with Gasteiger partial charge in [0.1, 0.15) is 6.54 Å². The third-order valence-corrected chi connectivity index (χ3v) is 4.64. The van der Waals surface area contributed by atoms with Gasteiger partial charge in [-0.15, -0.1) is 0 Å². The molecule has 1 heterocycles. The van der Waals surface area contributed by atoms with Gasteiger partial charge in [-0.05, 0) is 35.7 Å². The summed E-state index contributed by atoms with van der Waals surface area (Å²) in [6.45, 7) is 3.88. The number of anilines is 2. The lowest BCUT2D eigenvalue weighted by Gasteiger charge is -2.15. The van der Waals surface area contributed by atoms with Gasteiger partial charge < -0.3 is 10.1 Å². The molecule has 0 fully saturated rings. The summed E-state index contributed by atoms with van der Waals surface area (Å²) in [6.07, 6.45) is 0. The van der Waals surface area contributed by atoms with E-state index >= 15 is 0 Å². The topological polar surface area (TPSA) is 102 Å². The van der Waals surface area contributed by atoms with Gasteiger partial charge in [0.2, 0.25) is 5.95 Å². The molecule has 0 bridgehead atoms. The Balaban J connectivity index is 1.99. The van der Waals surface area contributed by atoms with Gasteiger partial charge in [-0.1, -0.05) is 37.6 Å². The van der Waals surface area contributed by atoms with Crippen LogP contribution in [0.1, 0.15) is 19.4 Å². The number of halogens is 2. The maximum atomic E-state index is 14.4. The first-order valence-electron chi connectivity index (χ1n) is 9.81. The van der Waals surface area contributed by atoms with Gasteiger partial charge in [0, 0.05) is 16.8 Å². The minimum absolute atomic E-state index is 0.0507. The van der Waals surface area contributed by atoms with Crippen molar-refractivity contribution in [2.24, 2.45) is 5.92 Å². The summed E-state index contributed by atoms with van der Waals surface area (Å²) >= 11 is 5.92. The Kier molecular flexibility index (Phi) is 7.28. The van der Waals surface area contributed by atoms with E-state index in [0.29, 0.717) is 17.2 Å². The Morgan fingerprint density at radius 2 is 1.91 bits per heavy atom. The molecule has 0 saturated heterocycles. The number of rotatable bonds is 8. The minimum Gasteiger partial charge on any atom is -0.490 e. The van der Waals surface area contributed by atoms with Crippen molar-refractivity contribution in [2.45, 2.75) is 26.9 Å². The Labute approximate surface area is 188 Å². The van der Waals surface area contributed by atoms with E-state index in [-0.39, 0.29) is 29.8 Å². The summed E-state index contributed by atoms with van der Waals surface area (Å²) in [4.78, 5) is 29.1. The SMILES string of the molecule is CC(C)COc1ccc(Nc2nc(=O)n(CC#N)c(=O)n2Cc2ccc(Cl)cc2)cc1F. The maximum Gasteiger partial charge on any atom is 0.355 e. The minimum atomic E-state index is -0.885. The first-order chi connectivity index (χ1) is 15.3. The zero-order valence-electron chi connectivity index (χ0n) is 17.5. The Hall–Kier alpha value is -3.64. The van der Waals surface area contributed by atoms with Crippen LogP contribution in [0, 0.1) is 23.1 Å². The zero-order valence-corrected chi connectivity index (χ0v) is 18.3. The molecule has 166 valence electrons. The van der Waals surface area contributed by atoms with Crippen LogP contribution in [0.4, 0.5) is 16.0 Å². The van der Waals surface area contributed by atoms with Crippen molar-refractivity contribution < 1.29 is 9.13 Å².